The molecule has 0 spiro atoms. The van der Waals surface area contributed by atoms with Gasteiger partial charge in [-0.2, -0.15) is 5.10 Å². The number of aromatic amines is 1. The molecular formula is C11H12BrN3. The molecule has 0 aliphatic rings. The summed E-state index contributed by atoms with van der Waals surface area (Å²) >= 11 is 3.43. The summed E-state index contributed by atoms with van der Waals surface area (Å²) in [5, 5.41) is 7.14. The molecule has 0 radical (unpaired) electrons. The number of benzene rings is 1. The molecule has 0 aliphatic carbocycles. The third kappa shape index (κ3) is 2.45. The van der Waals surface area contributed by atoms with E-state index in [1.807, 2.05) is 24.3 Å². The van der Waals surface area contributed by atoms with Crippen molar-refractivity contribution in [1.82, 2.24) is 15.2 Å². The highest BCUT2D eigenvalue weighted by Gasteiger charge is 2.04. The fourth-order valence-corrected chi connectivity index (χ4v) is 1.80. The molecule has 0 aliphatic heterocycles. The maximum atomic E-state index is 4.42. The highest BCUT2D eigenvalue weighted by molar-refractivity contribution is 9.10. The summed E-state index contributed by atoms with van der Waals surface area (Å²) in [4.78, 5) is 4.42. The van der Waals surface area contributed by atoms with E-state index in [-0.39, 0.29) is 0 Å². The topological polar surface area (TPSA) is 41.6 Å². The second-order valence-corrected chi connectivity index (χ2v) is 4.28. The van der Waals surface area contributed by atoms with Crippen molar-refractivity contribution < 1.29 is 0 Å². The van der Waals surface area contributed by atoms with Crippen LogP contribution in [0.4, 0.5) is 0 Å². The summed E-state index contributed by atoms with van der Waals surface area (Å²) in [7, 11) is 0. The molecule has 0 saturated carbocycles. The number of hydrogen-bond acceptors (Lipinski definition) is 2. The number of nitrogens with one attached hydrogen (secondary N) is 1. The van der Waals surface area contributed by atoms with Crippen LogP contribution in [0.1, 0.15) is 19.2 Å². The SMILES string of the molecule is CCCc1nc(-c2cccc(Br)c2)n[nH]1. The van der Waals surface area contributed by atoms with Crippen molar-refractivity contribution in [2.45, 2.75) is 19.8 Å². The minimum Gasteiger partial charge on any atom is -0.263 e. The van der Waals surface area contributed by atoms with Crippen LogP contribution < -0.4 is 0 Å². The zero-order valence-electron chi connectivity index (χ0n) is 8.50. The third-order valence-corrected chi connectivity index (χ3v) is 2.59. The first-order chi connectivity index (χ1) is 7.29. The van der Waals surface area contributed by atoms with Gasteiger partial charge in [-0.25, -0.2) is 4.98 Å². The van der Waals surface area contributed by atoms with Gasteiger partial charge < -0.3 is 0 Å². The highest BCUT2D eigenvalue weighted by Crippen LogP contribution is 2.19. The molecule has 0 saturated heterocycles. The number of nitrogens with zero attached hydrogens (tertiary/aromatic N) is 2. The number of rotatable bonds is 3. The van der Waals surface area contributed by atoms with E-state index < -0.39 is 0 Å². The smallest absolute Gasteiger partial charge is 0.181 e. The molecule has 4 heteroatoms. The van der Waals surface area contributed by atoms with Crippen LogP contribution in [0.3, 0.4) is 0 Å². The largest absolute Gasteiger partial charge is 0.263 e. The number of halogens is 1. The summed E-state index contributed by atoms with van der Waals surface area (Å²) < 4.78 is 1.04. The zero-order valence-corrected chi connectivity index (χ0v) is 10.1. The van der Waals surface area contributed by atoms with Crippen LogP contribution in [-0.2, 0) is 6.42 Å². The summed E-state index contributed by atoms with van der Waals surface area (Å²) in [5.41, 5.74) is 1.03. The van der Waals surface area contributed by atoms with Gasteiger partial charge in [0.25, 0.3) is 0 Å². The summed E-state index contributed by atoms with van der Waals surface area (Å²) in [5.74, 6) is 1.72. The molecule has 1 aromatic heterocycles. The van der Waals surface area contributed by atoms with E-state index in [2.05, 4.69) is 38.0 Å². The monoisotopic (exact) mass is 265 g/mol. The Labute approximate surface area is 97.1 Å². The van der Waals surface area contributed by atoms with Crippen LogP contribution in [0.2, 0.25) is 0 Å². The molecule has 78 valence electrons. The number of aryl methyl sites for hydroxylation is 1. The Morgan fingerprint density at radius 2 is 2.27 bits per heavy atom. The Hall–Kier alpha value is -1.16. The lowest BCUT2D eigenvalue weighted by molar-refractivity contribution is 0.841. The Morgan fingerprint density at radius 1 is 1.40 bits per heavy atom. The molecule has 0 fully saturated rings. The normalized spacial score (nSPS) is 10.5. The lowest BCUT2D eigenvalue weighted by Gasteiger charge is -1.94. The molecule has 2 rings (SSSR count). The van der Waals surface area contributed by atoms with Gasteiger partial charge >= 0.3 is 0 Å². The standard InChI is InChI=1S/C11H12BrN3/c1-2-4-10-13-11(15-14-10)8-5-3-6-9(12)7-8/h3,5-7H,2,4H2,1H3,(H,13,14,15). The maximum absolute atomic E-state index is 4.42. The molecule has 2 aromatic rings. The minimum absolute atomic E-state index is 0.764. The van der Waals surface area contributed by atoms with Gasteiger partial charge in [0, 0.05) is 16.5 Å². The van der Waals surface area contributed by atoms with Gasteiger partial charge in [0.05, 0.1) is 0 Å². The lowest BCUT2D eigenvalue weighted by atomic mass is 10.2. The van der Waals surface area contributed by atoms with Crippen molar-refractivity contribution in [3.63, 3.8) is 0 Å². The molecule has 1 aromatic carbocycles. The van der Waals surface area contributed by atoms with Gasteiger partial charge in [0.1, 0.15) is 5.82 Å². The fourth-order valence-electron chi connectivity index (χ4n) is 1.40. The zero-order chi connectivity index (χ0) is 10.7. The number of hydrogen-bond donors (Lipinski definition) is 1. The molecule has 1 heterocycles. The molecule has 0 amide bonds. The lowest BCUT2D eigenvalue weighted by Crippen LogP contribution is -1.85. The second-order valence-electron chi connectivity index (χ2n) is 3.37. The third-order valence-electron chi connectivity index (χ3n) is 2.10. The molecular weight excluding hydrogens is 254 g/mol. The van der Waals surface area contributed by atoms with Crippen molar-refractivity contribution >= 4 is 15.9 Å². The van der Waals surface area contributed by atoms with E-state index in [9.17, 15) is 0 Å². The molecule has 0 unspecified atom stereocenters. The van der Waals surface area contributed by atoms with Gasteiger partial charge in [-0.1, -0.05) is 35.0 Å². The summed E-state index contributed by atoms with van der Waals surface area (Å²) in [6.45, 7) is 2.13. The summed E-state index contributed by atoms with van der Waals surface area (Å²) in [6, 6.07) is 7.99. The Kier molecular flexibility index (Phi) is 3.16. The average molecular weight is 266 g/mol. The quantitative estimate of drug-likeness (QED) is 0.926. The van der Waals surface area contributed by atoms with Crippen molar-refractivity contribution in [1.29, 1.82) is 0 Å². The first-order valence-electron chi connectivity index (χ1n) is 4.97. The first-order valence-corrected chi connectivity index (χ1v) is 5.76. The number of H-pyrrole nitrogens is 1. The van der Waals surface area contributed by atoms with Crippen LogP contribution >= 0.6 is 15.9 Å². The van der Waals surface area contributed by atoms with E-state index >= 15 is 0 Å². The van der Waals surface area contributed by atoms with E-state index in [0.717, 1.165) is 34.5 Å². The van der Waals surface area contributed by atoms with E-state index in [1.54, 1.807) is 0 Å². The van der Waals surface area contributed by atoms with Gasteiger partial charge in [-0.3, -0.25) is 5.10 Å². The van der Waals surface area contributed by atoms with Crippen LogP contribution in [0.15, 0.2) is 28.7 Å². The van der Waals surface area contributed by atoms with Crippen LogP contribution in [0.25, 0.3) is 11.4 Å². The average Bonchev–Trinajstić information content (AvgIpc) is 2.67. The van der Waals surface area contributed by atoms with Gasteiger partial charge in [0.15, 0.2) is 5.82 Å². The molecule has 0 bridgehead atoms. The van der Waals surface area contributed by atoms with Gasteiger partial charge in [0.2, 0.25) is 0 Å². The first kappa shape index (κ1) is 10.4. The fraction of sp³-hybridized carbons (Fsp3) is 0.273. The van der Waals surface area contributed by atoms with Crippen molar-refractivity contribution in [2.75, 3.05) is 0 Å². The molecule has 0 atom stereocenters. The maximum Gasteiger partial charge on any atom is 0.181 e. The summed E-state index contributed by atoms with van der Waals surface area (Å²) in [6.07, 6.45) is 2.02. The molecule has 1 N–H and O–H groups in total. The van der Waals surface area contributed by atoms with E-state index in [0.29, 0.717) is 0 Å². The van der Waals surface area contributed by atoms with Gasteiger partial charge in [-0.05, 0) is 18.6 Å². The van der Waals surface area contributed by atoms with Crippen LogP contribution in [0, 0.1) is 0 Å². The van der Waals surface area contributed by atoms with Crippen LogP contribution in [-0.4, -0.2) is 15.2 Å². The Balaban J connectivity index is 2.29. The predicted octanol–water partition coefficient (Wildman–Crippen LogP) is 3.19. The molecule has 15 heavy (non-hydrogen) atoms. The second kappa shape index (κ2) is 4.57. The van der Waals surface area contributed by atoms with Crippen molar-refractivity contribution in [2.24, 2.45) is 0 Å². The minimum atomic E-state index is 0.764. The van der Waals surface area contributed by atoms with E-state index in [4.69, 9.17) is 0 Å². The van der Waals surface area contributed by atoms with Crippen molar-refractivity contribution in [3.05, 3.63) is 34.6 Å². The van der Waals surface area contributed by atoms with E-state index in [1.165, 1.54) is 0 Å². The predicted molar refractivity (Wildman–Crippen MR) is 63.5 cm³/mol. The molecule has 3 nitrogen and oxygen atoms in total. The highest BCUT2D eigenvalue weighted by atomic mass is 79.9. The Bertz CT molecular complexity index is 451. The Morgan fingerprint density at radius 3 is 3.00 bits per heavy atom. The number of aromatic nitrogens is 3. The van der Waals surface area contributed by atoms with Crippen LogP contribution in [0.5, 0.6) is 0 Å². The van der Waals surface area contributed by atoms with Crippen molar-refractivity contribution in [3.8, 4) is 11.4 Å². The van der Waals surface area contributed by atoms with Gasteiger partial charge in [-0.15, -0.1) is 0 Å².